The molecular weight excluding hydrogens is 142 g/mol. The topological polar surface area (TPSA) is 52.3 Å². The zero-order chi connectivity index (χ0) is 8.69. The number of carbonyl (C=O) groups excluding carboxylic acids is 1. The maximum Gasteiger partial charge on any atom is 0.307 e. The Labute approximate surface area is 67.9 Å². The lowest BCUT2D eigenvalue weighted by Crippen LogP contribution is -2.17. The molecule has 0 fully saturated rings. The van der Waals surface area contributed by atoms with E-state index in [1.807, 2.05) is 13.8 Å². The van der Waals surface area contributed by atoms with Crippen molar-refractivity contribution in [3.63, 3.8) is 0 Å². The van der Waals surface area contributed by atoms with Crippen LogP contribution in [-0.2, 0) is 9.53 Å². The van der Waals surface area contributed by atoms with Gasteiger partial charge in [-0.3, -0.25) is 10.5 Å². The molecule has 0 aliphatic carbocycles. The largest absolute Gasteiger partial charge is 0.438 e. The van der Waals surface area contributed by atoms with Gasteiger partial charge in [0.25, 0.3) is 0 Å². The Morgan fingerprint density at radius 3 is 2.55 bits per heavy atom. The van der Waals surface area contributed by atoms with Gasteiger partial charge < -0.3 is 4.74 Å². The number of hydrogen-bond donors (Lipinski definition) is 1. The van der Waals surface area contributed by atoms with Crippen LogP contribution in [0, 0.1) is 6.23 Å². The van der Waals surface area contributed by atoms with Gasteiger partial charge in [0.2, 0.25) is 6.23 Å². The monoisotopic (exact) mass is 158 g/mol. The molecular formula is C8H16NO2. The van der Waals surface area contributed by atoms with Crippen LogP contribution in [0.15, 0.2) is 0 Å². The van der Waals surface area contributed by atoms with Gasteiger partial charge in [-0.1, -0.05) is 20.3 Å². The summed E-state index contributed by atoms with van der Waals surface area (Å²) in [6, 6.07) is 0. The zero-order valence-electron chi connectivity index (χ0n) is 7.22. The second-order valence-electron chi connectivity index (χ2n) is 2.40. The summed E-state index contributed by atoms with van der Waals surface area (Å²) in [4.78, 5) is 10.8. The molecule has 0 aliphatic heterocycles. The number of rotatable bonds is 5. The Morgan fingerprint density at radius 2 is 2.09 bits per heavy atom. The first-order valence-electron chi connectivity index (χ1n) is 4.02. The molecule has 0 aromatic heterocycles. The second-order valence-corrected chi connectivity index (χ2v) is 2.40. The number of nitrogens with two attached hydrogens (primary N) is 1. The van der Waals surface area contributed by atoms with Crippen molar-refractivity contribution < 1.29 is 9.53 Å². The predicted octanol–water partition coefficient (Wildman–Crippen LogP) is 1.58. The Morgan fingerprint density at radius 1 is 1.45 bits per heavy atom. The fourth-order valence-electron chi connectivity index (χ4n) is 0.591. The SMILES string of the molecule is CCCCC(=O)O[C](N)CC. The lowest BCUT2D eigenvalue weighted by molar-refractivity contribution is -0.143. The van der Waals surface area contributed by atoms with Gasteiger partial charge >= 0.3 is 5.97 Å². The molecule has 0 unspecified atom stereocenters. The zero-order valence-corrected chi connectivity index (χ0v) is 7.22. The van der Waals surface area contributed by atoms with Gasteiger partial charge in [-0.15, -0.1) is 0 Å². The van der Waals surface area contributed by atoms with E-state index in [2.05, 4.69) is 0 Å². The first kappa shape index (κ1) is 10.4. The van der Waals surface area contributed by atoms with Crippen LogP contribution < -0.4 is 5.73 Å². The highest BCUT2D eigenvalue weighted by Gasteiger charge is 2.07. The van der Waals surface area contributed by atoms with E-state index in [1.165, 1.54) is 0 Å². The van der Waals surface area contributed by atoms with Gasteiger partial charge in [-0.2, -0.15) is 0 Å². The van der Waals surface area contributed by atoms with Gasteiger partial charge in [-0.25, -0.2) is 0 Å². The average molecular weight is 158 g/mol. The number of ether oxygens (including phenoxy) is 1. The Bertz CT molecular complexity index is 115. The van der Waals surface area contributed by atoms with Crippen molar-refractivity contribution >= 4 is 5.97 Å². The van der Waals surface area contributed by atoms with Gasteiger partial charge in [0.05, 0.1) is 0 Å². The summed E-state index contributed by atoms with van der Waals surface area (Å²) in [6.45, 7) is 3.88. The molecule has 11 heavy (non-hydrogen) atoms. The summed E-state index contributed by atoms with van der Waals surface area (Å²) in [5, 5.41) is 0. The van der Waals surface area contributed by atoms with Crippen molar-refractivity contribution in [2.45, 2.75) is 39.5 Å². The van der Waals surface area contributed by atoms with E-state index < -0.39 is 0 Å². The minimum atomic E-state index is -0.216. The van der Waals surface area contributed by atoms with Crippen LogP contribution >= 0.6 is 0 Å². The highest BCUT2D eigenvalue weighted by molar-refractivity contribution is 5.69. The summed E-state index contributed by atoms with van der Waals surface area (Å²) in [6.07, 6.45) is 3.25. The van der Waals surface area contributed by atoms with Crippen LogP contribution in [-0.4, -0.2) is 5.97 Å². The van der Waals surface area contributed by atoms with E-state index in [-0.39, 0.29) is 5.97 Å². The van der Waals surface area contributed by atoms with Gasteiger partial charge in [0.1, 0.15) is 0 Å². The summed E-state index contributed by atoms with van der Waals surface area (Å²) in [5.74, 6) is -0.216. The van der Waals surface area contributed by atoms with Crippen LogP contribution in [0.2, 0.25) is 0 Å². The van der Waals surface area contributed by atoms with Gasteiger partial charge in [-0.05, 0) is 6.42 Å². The smallest absolute Gasteiger partial charge is 0.307 e. The Kier molecular flexibility index (Phi) is 5.84. The van der Waals surface area contributed by atoms with Crippen molar-refractivity contribution in [1.82, 2.24) is 0 Å². The molecule has 2 N–H and O–H groups in total. The molecule has 0 amide bonds. The quantitative estimate of drug-likeness (QED) is 0.618. The van der Waals surface area contributed by atoms with Crippen molar-refractivity contribution in [3.8, 4) is 0 Å². The molecule has 0 aromatic carbocycles. The van der Waals surface area contributed by atoms with Crippen LogP contribution in [0.1, 0.15) is 39.5 Å². The molecule has 65 valence electrons. The third-order valence-corrected chi connectivity index (χ3v) is 1.33. The van der Waals surface area contributed by atoms with Gasteiger partial charge in [0.15, 0.2) is 0 Å². The molecule has 1 radical (unpaired) electrons. The maximum atomic E-state index is 10.8. The maximum absolute atomic E-state index is 10.8. The average Bonchev–Trinajstić information content (AvgIpc) is 2.00. The molecule has 3 heteroatoms. The van der Waals surface area contributed by atoms with E-state index >= 15 is 0 Å². The molecule has 3 nitrogen and oxygen atoms in total. The highest BCUT2D eigenvalue weighted by Crippen LogP contribution is 2.03. The fraction of sp³-hybridized carbons (Fsp3) is 0.750. The summed E-state index contributed by atoms with van der Waals surface area (Å²) < 4.78 is 4.76. The third kappa shape index (κ3) is 5.85. The first-order valence-corrected chi connectivity index (χ1v) is 4.02. The first-order chi connectivity index (χ1) is 5.20. The van der Waals surface area contributed by atoms with E-state index in [0.29, 0.717) is 19.1 Å². The fourth-order valence-corrected chi connectivity index (χ4v) is 0.591. The van der Waals surface area contributed by atoms with Crippen LogP contribution in [0.3, 0.4) is 0 Å². The number of esters is 1. The van der Waals surface area contributed by atoms with Crippen molar-refractivity contribution in [2.24, 2.45) is 5.73 Å². The molecule has 0 saturated heterocycles. The minimum Gasteiger partial charge on any atom is -0.438 e. The molecule has 0 bridgehead atoms. The van der Waals surface area contributed by atoms with Crippen molar-refractivity contribution in [3.05, 3.63) is 6.23 Å². The van der Waals surface area contributed by atoms with Gasteiger partial charge in [0, 0.05) is 12.8 Å². The summed E-state index contributed by atoms with van der Waals surface area (Å²) in [7, 11) is 0. The molecule has 0 aromatic rings. The van der Waals surface area contributed by atoms with Crippen LogP contribution in [0.25, 0.3) is 0 Å². The molecule has 0 aliphatic rings. The lowest BCUT2D eigenvalue weighted by atomic mass is 10.2. The number of hydrogen-bond acceptors (Lipinski definition) is 3. The molecule has 0 heterocycles. The minimum absolute atomic E-state index is 0.216. The molecule has 0 saturated carbocycles. The van der Waals surface area contributed by atoms with Crippen molar-refractivity contribution in [1.29, 1.82) is 0 Å². The van der Waals surface area contributed by atoms with E-state index in [4.69, 9.17) is 10.5 Å². The van der Waals surface area contributed by atoms with Crippen LogP contribution in [0.5, 0.6) is 0 Å². The molecule has 0 spiro atoms. The normalized spacial score (nSPS) is 10.2. The van der Waals surface area contributed by atoms with Crippen LogP contribution in [0.4, 0.5) is 0 Å². The van der Waals surface area contributed by atoms with E-state index in [9.17, 15) is 4.79 Å². The second kappa shape index (κ2) is 6.16. The predicted molar refractivity (Wildman–Crippen MR) is 43.3 cm³/mol. The molecule has 0 atom stereocenters. The lowest BCUT2D eigenvalue weighted by Gasteiger charge is -2.07. The summed E-state index contributed by atoms with van der Waals surface area (Å²) >= 11 is 0. The summed E-state index contributed by atoms with van der Waals surface area (Å²) in [5.41, 5.74) is 5.32. The number of unbranched alkanes of at least 4 members (excludes halogenated alkanes) is 1. The third-order valence-electron chi connectivity index (χ3n) is 1.33. The van der Waals surface area contributed by atoms with Crippen molar-refractivity contribution in [2.75, 3.05) is 0 Å². The highest BCUT2D eigenvalue weighted by atomic mass is 16.6. The standard InChI is InChI=1S/C8H16NO2/c1-3-5-6-8(10)11-7(9)4-2/h3-6,9H2,1-2H3. The Hall–Kier alpha value is -0.570. The molecule has 0 rings (SSSR count). The van der Waals surface area contributed by atoms with E-state index in [1.54, 1.807) is 0 Å². The number of carbonyl (C=O) groups is 1. The van der Waals surface area contributed by atoms with E-state index in [0.717, 1.165) is 12.8 Å². The Balaban J connectivity index is 3.36.